The van der Waals surface area contributed by atoms with Gasteiger partial charge in [-0.1, -0.05) is 30.3 Å². The zero-order valence-corrected chi connectivity index (χ0v) is 10.9. The van der Waals surface area contributed by atoms with Crippen LogP contribution in [0.4, 0.5) is 0 Å². The second-order valence-electron chi connectivity index (χ2n) is 2.15. The smallest absolute Gasteiger partial charge is 0.378 e. The summed E-state index contributed by atoms with van der Waals surface area (Å²) in [6.45, 7) is 0. The summed E-state index contributed by atoms with van der Waals surface area (Å²) in [6.07, 6.45) is 0. The van der Waals surface area contributed by atoms with Gasteiger partial charge in [0.1, 0.15) is 0 Å². The van der Waals surface area contributed by atoms with Crippen molar-refractivity contribution >= 4 is 8.03 Å². The molecular weight excluding hydrogens is 202 g/mol. The molecule has 0 fully saturated rings. The van der Waals surface area contributed by atoms with Crippen LogP contribution in [0.25, 0.3) is 0 Å². The molecule has 12 heavy (non-hydrogen) atoms. The van der Waals surface area contributed by atoms with Gasteiger partial charge >= 0.3 is 52.8 Å². The number of aliphatic hydroxyl groups is 1. The van der Waals surface area contributed by atoms with Crippen LogP contribution in [0, 0.1) is 0 Å². The molecule has 0 aliphatic carbocycles. The van der Waals surface area contributed by atoms with Gasteiger partial charge in [-0.25, -0.2) is 0 Å². The quantitative estimate of drug-likeness (QED) is 0.452. The van der Waals surface area contributed by atoms with Crippen LogP contribution < -0.4 is 51.4 Å². The van der Waals surface area contributed by atoms with Crippen molar-refractivity contribution in [3.05, 3.63) is 35.9 Å². The predicted molar refractivity (Wildman–Crippen MR) is 43.7 cm³/mol. The zero-order valence-electron chi connectivity index (χ0n) is 7.77. The van der Waals surface area contributed by atoms with E-state index >= 15 is 0 Å². The molecule has 0 radical (unpaired) electrons. The minimum atomic E-state index is -2.86. The van der Waals surface area contributed by atoms with Gasteiger partial charge in [-0.2, -0.15) is 0 Å². The molecular formula is C7H10KO3P+2. The molecule has 0 spiro atoms. The normalized spacial score (nSPS) is 14.5. The van der Waals surface area contributed by atoms with E-state index in [-0.39, 0.29) is 52.8 Å². The molecule has 0 amide bonds. The molecule has 0 saturated heterocycles. The van der Waals surface area contributed by atoms with Crippen molar-refractivity contribution in [2.45, 2.75) is 5.85 Å². The van der Waals surface area contributed by atoms with Crippen molar-refractivity contribution in [2.24, 2.45) is 0 Å². The summed E-state index contributed by atoms with van der Waals surface area (Å²) in [4.78, 5) is 8.57. The predicted octanol–water partition coefficient (Wildman–Crippen LogP) is -1.74. The van der Waals surface area contributed by atoms with Crippen LogP contribution in [0.1, 0.15) is 12.8 Å². The molecule has 3 nitrogen and oxygen atoms in total. The van der Waals surface area contributed by atoms with Crippen LogP contribution in [0.2, 0.25) is 0 Å². The van der Waals surface area contributed by atoms with Gasteiger partial charge in [0.25, 0.3) is 0 Å². The zero-order chi connectivity index (χ0) is 8.27. The number of benzene rings is 1. The van der Waals surface area contributed by atoms with E-state index in [4.69, 9.17) is 10.00 Å². The molecule has 0 saturated carbocycles. The second kappa shape index (κ2) is 6.46. The molecule has 0 aliphatic rings. The maximum absolute atomic E-state index is 10.4. The minimum Gasteiger partial charge on any atom is -0.378 e. The fourth-order valence-electron chi connectivity index (χ4n) is 0.778. The average molecular weight is 212 g/mol. The van der Waals surface area contributed by atoms with E-state index in [9.17, 15) is 4.57 Å². The Morgan fingerprint density at radius 2 is 1.83 bits per heavy atom. The van der Waals surface area contributed by atoms with E-state index in [2.05, 4.69) is 0 Å². The second-order valence-corrected chi connectivity index (χ2v) is 3.37. The van der Waals surface area contributed by atoms with Crippen LogP contribution >= 0.6 is 8.03 Å². The topological polar surface area (TPSA) is 57.5 Å². The molecule has 5 heteroatoms. The molecule has 0 aromatic heterocycles. The molecule has 0 heterocycles. The fraction of sp³-hybridized carbons (Fsp3) is 0.143. The Kier molecular flexibility index (Phi) is 7.00. The Labute approximate surface area is 116 Å². The van der Waals surface area contributed by atoms with Gasteiger partial charge in [-0.15, -0.1) is 0 Å². The minimum absolute atomic E-state index is 0. The maximum Gasteiger partial charge on any atom is 1.00 e. The van der Waals surface area contributed by atoms with E-state index < -0.39 is 13.9 Å². The summed E-state index contributed by atoms with van der Waals surface area (Å²) in [5, 5.41) is 9.08. The molecule has 1 aromatic rings. The Hall–Kier alpha value is 1.01. The SMILES string of the molecule is O=[PH](O)C(O)c1ccccc1.[H+].[K+]. The van der Waals surface area contributed by atoms with Gasteiger partial charge in [0, 0.05) is 0 Å². The Morgan fingerprint density at radius 1 is 1.33 bits per heavy atom. The number of hydrogen-bond donors (Lipinski definition) is 2. The summed E-state index contributed by atoms with van der Waals surface area (Å²) < 4.78 is 10.4. The standard InChI is InChI=1S/C7H9O3P.K/c8-7(11(9)10)6-4-2-1-3-5-6;/h1-5,7-8,11H,(H,9,10);/q;+1/p+1. The molecule has 2 atom stereocenters. The van der Waals surface area contributed by atoms with Gasteiger partial charge in [-0.3, -0.25) is 4.57 Å². The Bertz CT molecular complexity index is 257. The van der Waals surface area contributed by atoms with Crippen LogP contribution in [0.15, 0.2) is 30.3 Å². The van der Waals surface area contributed by atoms with Crippen molar-refractivity contribution in [2.75, 3.05) is 0 Å². The van der Waals surface area contributed by atoms with Gasteiger partial charge < -0.3 is 10.00 Å². The van der Waals surface area contributed by atoms with Gasteiger partial charge in [0.2, 0.25) is 8.03 Å². The van der Waals surface area contributed by atoms with E-state index in [1.54, 1.807) is 30.3 Å². The molecule has 2 unspecified atom stereocenters. The molecule has 60 valence electrons. The first-order valence-corrected chi connectivity index (χ1v) is 4.61. The Morgan fingerprint density at radius 3 is 2.25 bits per heavy atom. The molecule has 2 N–H and O–H groups in total. The van der Waals surface area contributed by atoms with Gasteiger partial charge in [-0.05, 0) is 5.56 Å². The number of aliphatic hydroxyl groups excluding tert-OH is 1. The third-order valence-electron chi connectivity index (χ3n) is 1.35. The van der Waals surface area contributed by atoms with Crippen molar-refractivity contribution in [1.82, 2.24) is 0 Å². The molecule has 0 bridgehead atoms. The van der Waals surface area contributed by atoms with Crippen molar-refractivity contribution in [3.8, 4) is 0 Å². The molecule has 0 aliphatic heterocycles. The third kappa shape index (κ3) is 3.81. The van der Waals surface area contributed by atoms with Gasteiger partial charge in [0.05, 0.1) is 0 Å². The van der Waals surface area contributed by atoms with Gasteiger partial charge in [0.15, 0.2) is 5.85 Å². The number of rotatable bonds is 2. The first kappa shape index (κ1) is 13.0. The molecule has 1 aromatic carbocycles. The Balaban J connectivity index is 0. The monoisotopic (exact) mass is 212 g/mol. The molecule has 1 rings (SSSR count). The van der Waals surface area contributed by atoms with Crippen LogP contribution in [0.3, 0.4) is 0 Å². The maximum atomic E-state index is 10.4. The van der Waals surface area contributed by atoms with Crippen LogP contribution in [-0.4, -0.2) is 10.00 Å². The first-order chi connectivity index (χ1) is 5.22. The van der Waals surface area contributed by atoms with Crippen molar-refractivity contribution < 1.29 is 67.4 Å². The van der Waals surface area contributed by atoms with Crippen molar-refractivity contribution in [1.29, 1.82) is 0 Å². The summed E-state index contributed by atoms with van der Waals surface area (Å²) in [5.41, 5.74) is 0.485. The van der Waals surface area contributed by atoms with Crippen molar-refractivity contribution in [3.63, 3.8) is 0 Å². The summed E-state index contributed by atoms with van der Waals surface area (Å²) in [5.74, 6) is -1.22. The van der Waals surface area contributed by atoms with Crippen LogP contribution in [-0.2, 0) is 4.57 Å². The first-order valence-electron chi connectivity index (χ1n) is 3.17. The fourth-order valence-corrected chi connectivity index (χ4v) is 1.26. The van der Waals surface area contributed by atoms with E-state index in [0.29, 0.717) is 5.56 Å². The largest absolute Gasteiger partial charge is 1.00 e. The van der Waals surface area contributed by atoms with E-state index in [0.717, 1.165) is 0 Å². The summed E-state index contributed by atoms with van der Waals surface area (Å²) in [6, 6.07) is 8.43. The third-order valence-corrected chi connectivity index (χ3v) is 2.15. The van der Waals surface area contributed by atoms with Crippen LogP contribution in [0.5, 0.6) is 0 Å². The van der Waals surface area contributed by atoms with E-state index in [1.807, 2.05) is 0 Å². The summed E-state index contributed by atoms with van der Waals surface area (Å²) in [7, 11) is -2.86. The van der Waals surface area contributed by atoms with E-state index in [1.165, 1.54) is 0 Å². The number of hydrogen-bond acceptors (Lipinski definition) is 2. The average Bonchev–Trinajstić information content (AvgIpc) is 2.05. The summed E-state index contributed by atoms with van der Waals surface area (Å²) >= 11 is 0.